The Hall–Kier alpha value is -0.510. The smallest absolute Gasteiger partial charge is 0.130 e. The zero-order valence-corrected chi connectivity index (χ0v) is 8.64. The van der Waals surface area contributed by atoms with Crippen molar-refractivity contribution in [1.82, 2.24) is 5.32 Å². The monoisotopic (exact) mass is 197 g/mol. The first-order valence-electron chi connectivity index (χ1n) is 4.36. The normalized spacial score (nSPS) is 12.8. The van der Waals surface area contributed by atoms with Gasteiger partial charge in [0.15, 0.2) is 0 Å². The molecular formula is C10H15NOS. The quantitative estimate of drug-likeness (QED) is 0.719. The lowest BCUT2D eigenvalue weighted by Crippen LogP contribution is -2.20. The Morgan fingerprint density at radius 1 is 1.31 bits per heavy atom. The summed E-state index contributed by atoms with van der Waals surface area (Å²) in [5, 5.41) is 2.99. The van der Waals surface area contributed by atoms with Crippen LogP contribution in [-0.2, 0) is 16.9 Å². The van der Waals surface area contributed by atoms with E-state index >= 15 is 0 Å². The fourth-order valence-electron chi connectivity index (χ4n) is 1.05. The van der Waals surface area contributed by atoms with Gasteiger partial charge in [0.2, 0.25) is 0 Å². The van der Waals surface area contributed by atoms with Gasteiger partial charge in [0.05, 0.1) is 0 Å². The summed E-state index contributed by atoms with van der Waals surface area (Å²) in [6, 6.07) is 9.95. The van der Waals surface area contributed by atoms with Crippen LogP contribution < -0.4 is 5.32 Å². The number of benzene rings is 1. The maximum Gasteiger partial charge on any atom is 0.130 e. The lowest BCUT2D eigenvalue weighted by molar-refractivity contribution is 0.592. The summed E-state index contributed by atoms with van der Waals surface area (Å²) in [5.41, 5.74) is 1.15. The van der Waals surface area contributed by atoms with Gasteiger partial charge in [0, 0.05) is 12.1 Å². The molecule has 0 spiro atoms. The Bertz CT molecular complexity index is 228. The van der Waals surface area contributed by atoms with E-state index in [1.54, 1.807) is 0 Å². The van der Waals surface area contributed by atoms with Crippen LogP contribution in [0.5, 0.6) is 0 Å². The highest BCUT2D eigenvalue weighted by molar-refractivity contribution is 7.90. The second kappa shape index (κ2) is 6.02. The van der Waals surface area contributed by atoms with Gasteiger partial charge < -0.3 is 9.87 Å². The number of hydrogen-bond acceptors (Lipinski definition) is 2. The first-order valence-corrected chi connectivity index (χ1v) is 5.85. The summed E-state index contributed by atoms with van der Waals surface area (Å²) in [4.78, 5) is 0. The molecule has 1 aromatic carbocycles. The van der Waals surface area contributed by atoms with Crippen LogP contribution in [0.3, 0.4) is 0 Å². The van der Waals surface area contributed by atoms with Crippen molar-refractivity contribution in [2.45, 2.75) is 5.75 Å². The first-order chi connectivity index (χ1) is 6.33. The van der Waals surface area contributed by atoms with Gasteiger partial charge in [0.1, 0.15) is 11.5 Å². The van der Waals surface area contributed by atoms with E-state index in [9.17, 15) is 4.55 Å². The van der Waals surface area contributed by atoms with Crippen molar-refractivity contribution in [3.8, 4) is 0 Å². The molecule has 1 N–H and O–H groups in total. The van der Waals surface area contributed by atoms with E-state index < -0.39 is 11.2 Å². The van der Waals surface area contributed by atoms with Gasteiger partial charge >= 0.3 is 0 Å². The third-order valence-corrected chi connectivity index (χ3v) is 3.06. The van der Waals surface area contributed by atoms with E-state index in [4.69, 9.17) is 0 Å². The van der Waals surface area contributed by atoms with Crippen molar-refractivity contribution in [3.63, 3.8) is 0 Å². The van der Waals surface area contributed by atoms with Crippen LogP contribution >= 0.6 is 0 Å². The number of rotatable bonds is 5. The summed E-state index contributed by atoms with van der Waals surface area (Å²) in [6.07, 6.45) is 0. The summed E-state index contributed by atoms with van der Waals surface area (Å²) >= 11 is -0.733. The minimum atomic E-state index is -0.733. The van der Waals surface area contributed by atoms with Gasteiger partial charge in [0.25, 0.3) is 0 Å². The average Bonchev–Trinajstić information content (AvgIpc) is 2.16. The molecule has 0 aliphatic carbocycles. The maximum atomic E-state index is 11.4. The van der Waals surface area contributed by atoms with Gasteiger partial charge in [-0.15, -0.1) is 0 Å². The number of hydrogen-bond donors (Lipinski definition) is 1. The molecule has 0 aliphatic heterocycles. The molecule has 1 unspecified atom stereocenters. The second-order valence-electron chi connectivity index (χ2n) is 2.88. The molecule has 0 aromatic heterocycles. The highest BCUT2D eigenvalue weighted by atomic mass is 32.2. The molecule has 0 bridgehead atoms. The third kappa shape index (κ3) is 4.31. The van der Waals surface area contributed by atoms with E-state index in [2.05, 4.69) is 5.32 Å². The van der Waals surface area contributed by atoms with E-state index in [0.29, 0.717) is 5.75 Å². The molecule has 72 valence electrons. The average molecular weight is 197 g/mol. The molecular weight excluding hydrogens is 182 g/mol. The molecule has 0 saturated carbocycles. The summed E-state index contributed by atoms with van der Waals surface area (Å²) in [5.74, 6) is 1.40. The molecule has 2 nitrogen and oxygen atoms in total. The van der Waals surface area contributed by atoms with Crippen LogP contribution in [-0.4, -0.2) is 23.9 Å². The molecule has 13 heavy (non-hydrogen) atoms. The lowest BCUT2D eigenvalue weighted by atomic mass is 10.2. The number of nitrogens with one attached hydrogen (secondary N) is 1. The van der Waals surface area contributed by atoms with Crippen LogP contribution in [0, 0.1) is 0 Å². The molecule has 3 heteroatoms. The van der Waals surface area contributed by atoms with Gasteiger partial charge in [-0.1, -0.05) is 30.3 Å². The van der Waals surface area contributed by atoms with E-state index in [1.807, 2.05) is 37.4 Å². The Morgan fingerprint density at radius 3 is 2.62 bits per heavy atom. The van der Waals surface area contributed by atoms with Gasteiger partial charge in [-0.25, -0.2) is 0 Å². The molecule has 1 rings (SSSR count). The van der Waals surface area contributed by atoms with Crippen molar-refractivity contribution in [3.05, 3.63) is 35.9 Å². The van der Waals surface area contributed by atoms with Gasteiger partial charge in [-0.2, -0.15) is 0 Å². The molecule has 0 saturated heterocycles. The Kier molecular flexibility index (Phi) is 4.90. The van der Waals surface area contributed by atoms with Crippen LogP contribution in [0.1, 0.15) is 5.56 Å². The predicted octanol–water partition coefficient (Wildman–Crippen LogP) is 1.15. The van der Waals surface area contributed by atoms with Crippen molar-refractivity contribution in [2.75, 3.05) is 19.3 Å². The Morgan fingerprint density at radius 2 is 2.00 bits per heavy atom. The van der Waals surface area contributed by atoms with Crippen LogP contribution in [0.15, 0.2) is 30.3 Å². The predicted molar refractivity (Wildman–Crippen MR) is 57.1 cm³/mol. The molecule has 0 fully saturated rings. The highest BCUT2D eigenvalue weighted by Crippen LogP contribution is 2.05. The fourth-order valence-corrected chi connectivity index (χ4v) is 2.19. The van der Waals surface area contributed by atoms with E-state index in [1.165, 1.54) is 0 Å². The maximum absolute atomic E-state index is 11.4. The highest BCUT2D eigenvalue weighted by Gasteiger charge is 2.05. The van der Waals surface area contributed by atoms with Gasteiger partial charge in [-0.3, -0.25) is 0 Å². The summed E-state index contributed by atoms with van der Waals surface area (Å²) in [7, 11) is 1.87. The third-order valence-electron chi connectivity index (χ3n) is 1.75. The van der Waals surface area contributed by atoms with E-state index in [-0.39, 0.29) is 0 Å². The topological polar surface area (TPSA) is 35.1 Å². The lowest BCUT2D eigenvalue weighted by Gasteiger charge is -2.10. The molecule has 0 aliphatic rings. The second-order valence-corrected chi connectivity index (χ2v) is 4.45. The van der Waals surface area contributed by atoms with Crippen molar-refractivity contribution < 1.29 is 4.55 Å². The van der Waals surface area contributed by atoms with Crippen LogP contribution in [0.4, 0.5) is 0 Å². The van der Waals surface area contributed by atoms with Crippen LogP contribution in [0.25, 0.3) is 0 Å². The van der Waals surface area contributed by atoms with Crippen molar-refractivity contribution >= 4 is 11.2 Å². The molecule has 0 heterocycles. The zero-order valence-electron chi connectivity index (χ0n) is 7.82. The molecule has 0 radical (unpaired) electrons. The molecule has 0 amide bonds. The molecule has 1 atom stereocenters. The van der Waals surface area contributed by atoms with Crippen LogP contribution in [0.2, 0.25) is 0 Å². The zero-order chi connectivity index (χ0) is 9.52. The SMILES string of the molecule is CNCC[S+]([O-])Cc1ccccc1. The molecule has 1 aromatic rings. The van der Waals surface area contributed by atoms with E-state index in [0.717, 1.165) is 17.9 Å². The summed E-state index contributed by atoms with van der Waals surface area (Å²) in [6.45, 7) is 0.819. The Labute approximate surface area is 82.5 Å². The Balaban J connectivity index is 2.32. The summed E-state index contributed by atoms with van der Waals surface area (Å²) < 4.78 is 11.4. The minimum absolute atomic E-state index is 0.669. The first kappa shape index (κ1) is 10.6. The minimum Gasteiger partial charge on any atom is -0.616 e. The fraction of sp³-hybridized carbons (Fsp3) is 0.400. The standard InChI is InChI=1S/C10H15NOS/c1-11-7-8-13(12)9-10-5-3-2-4-6-10/h2-6,11H,7-9H2,1H3. The largest absolute Gasteiger partial charge is 0.616 e. The van der Waals surface area contributed by atoms with Crippen molar-refractivity contribution in [2.24, 2.45) is 0 Å². The van der Waals surface area contributed by atoms with Gasteiger partial charge in [-0.05, 0) is 18.2 Å². The van der Waals surface area contributed by atoms with Crippen molar-refractivity contribution in [1.29, 1.82) is 0 Å².